The van der Waals surface area contributed by atoms with E-state index in [1.165, 1.54) is 11.4 Å². The summed E-state index contributed by atoms with van der Waals surface area (Å²) in [5, 5.41) is 1.52. The van der Waals surface area contributed by atoms with E-state index in [0.717, 1.165) is 24.2 Å². The highest BCUT2D eigenvalue weighted by molar-refractivity contribution is 8.15. The molecular weight excluding hydrogens is 322 g/mol. The average molecular weight is 338 g/mol. The van der Waals surface area contributed by atoms with Crippen LogP contribution in [-0.4, -0.2) is 45.0 Å². The quantitative estimate of drug-likeness (QED) is 0.794. The molecule has 1 saturated heterocycles. The fourth-order valence-corrected chi connectivity index (χ4v) is 4.22. The minimum absolute atomic E-state index is 0.00553. The number of carbonyl (C=O) groups excluding carboxylic acids is 1. The third kappa shape index (κ3) is 3.33. The summed E-state index contributed by atoms with van der Waals surface area (Å²) in [6.07, 6.45) is 1.76. The van der Waals surface area contributed by atoms with Gasteiger partial charge in [-0.1, -0.05) is 0 Å². The van der Waals surface area contributed by atoms with Gasteiger partial charge >= 0.3 is 0 Å². The molecule has 0 aromatic carbocycles. The van der Waals surface area contributed by atoms with Gasteiger partial charge < -0.3 is 9.64 Å². The number of hydrogen-bond acceptors (Lipinski definition) is 5. The van der Waals surface area contributed by atoms with E-state index < -0.39 is 9.05 Å². The van der Waals surface area contributed by atoms with Gasteiger partial charge in [-0.15, -0.1) is 11.3 Å². The first-order chi connectivity index (χ1) is 9.25. The number of piperidine rings is 1. The zero-order valence-corrected chi connectivity index (χ0v) is 13.6. The number of amides is 1. The van der Waals surface area contributed by atoms with Crippen LogP contribution >= 0.6 is 22.0 Å². The van der Waals surface area contributed by atoms with Crippen LogP contribution in [0.4, 0.5) is 0 Å². The number of likely N-dealkylation sites (tertiary alicyclic amines) is 1. The van der Waals surface area contributed by atoms with Crippen LogP contribution in [0.25, 0.3) is 0 Å². The monoisotopic (exact) mass is 337 g/mol. The van der Waals surface area contributed by atoms with Crippen molar-refractivity contribution in [2.75, 3.05) is 20.2 Å². The highest BCUT2D eigenvalue weighted by atomic mass is 35.7. The van der Waals surface area contributed by atoms with Crippen molar-refractivity contribution in [2.24, 2.45) is 0 Å². The summed E-state index contributed by atoms with van der Waals surface area (Å²) in [6.45, 7) is 3.12. The van der Waals surface area contributed by atoms with E-state index in [1.807, 2.05) is 6.92 Å². The number of rotatable bonds is 3. The molecule has 20 heavy (non-hydrogen) atoms. The number of nitrogens with zero attached hydrogens (tertiary/aromatic N) is 1. The van der Waals surface area contributed by atoms with Crippen LogP contribution in [0.1, 0.15) is 30.1 Å². The lowest BCUT2D eigenvalue weighted by molar-refractivity contribution is -0.0440. The van der Waals surface area contributed by atoms with Crippen LogP contribution in [0, 0.1) is 0 Å². The molecule has 0 radical (unpaired) electrons. The molecule has 1 aromatic heterocycles. The van der Waals surface area contributed by atoms with Crippen molar-refractivity contribution in [1.82, 2.24) is 4.90 Å². The molecule has 2 rings (SSSR count). The van der Waals surface area contributed by atoms with E-state index >= 15 is 0 Å². The first-order valence-corrected chi connectivity index (χ1v) is 9.32. The minimum Gasteiger partial charge on any atom is -0.377 e. The molecule has 112 valence electrons. The normalized spacial score (nSPS) is 23.9. The molecule has 1 aliphatic rings. The number of thiophene rings is 1. The average Bonchev–Trinajstić information content (AvgIpc) is 2.87. The van der Waals surface area contributed by atoms with Crippen molar-refractivity contribution in [3.8, 4) is 0 Å². The summed E-state index contributed by atoms with van der Waals surface area (Å²) in [5.74, 6) is -0.184. The zero-order valence-electron chi connectivity index (χ0n) is 11.3. The predicted octanol–water partition coefficient (Wildman–Crippen LogP) is 2.32. The van der Waals surface area contributed by atoms with E-state index in [1.54, 1.807) is 12.0 Å². The first-order valence-electron chi connectivity index (χ1n) is 6.13. The highest BCUT2D eigenvalue weighted by Gasteiger charge is 2.33. The molecule has 1 aromatic rings. The van der Waals surface area contributed by atoms with E-state index in [9.17, 15) is 13.2 Å². The van der Waals surface area contributed by atoms with Gasteiger partial charge in [0.15, 0.2) is 0 Å². The second-order valence-electron chi connectivity index (χ2n) is 5.08. The van der Waals surface area contributed by atoms with Crippen molar-refractivity contribution >= 4 is 37.0 Å². The van der Waals surface area contributed by atoms with E-state index in [0.29, 0.717) is 18.7 Å². The van der Waals surface area contributed by atoms with Gasteiger partial charge in [0.2, 0.25) is 0 Å². The summed E-state index contributed by atoms with van der Waals surface area (Å²) in [6, 6.07) is 1.33. The van der Waals surface area contributed by atoms with Crippen molar-refractivity contribution in [3.05, 3.63) is 17.0 Å². The molecule has 0 saturated carbocycles. The maximum atomic E-state index is 12.4. The molecule has 2 heterocycles. The Morgan fingerprint density at radius 1 is 1.55 bits per heavy atom. The Balaban J connectivity index is 2.17. The Kier molecular flexibility index (Phi) is 4.44. The molecule has 0 bridgehead atoms. The first kappa shape index (κ1) is 15.8. The molecule has 1 aliphatic heterocycles. The van der Waals surface area contributed by atoms with E-state index in [-0.39, 0.29) is 15.7 Å². The molecule has 1 fully saturated rings. The smallest absolute Gasteiger partial charge is 0.270 e. The highest BCUT2D eigenvalue weighted by Crippen LogP contribution is 2.28. The van der Waals surface area contributed by atoms with Gasteiger partial charge in [0.25, 0.3) is 15.0 Å². The number of carbonyl (C=O) groups is 1. The van der Waals surface area contributed by atoms with Crippen LogP contribution < -0.4 is 0 Å². The third-order valence-electron chi connectivity index (χ3n) is 3.50. The summed E-state index contributed by atoms with van der Waals surface area (Å²) < 4.78 is 27.9. The summed E-state index contributed by atoms with van der Waals surface area (Å²) in [4.78, 5) is 14.1. The van der Waals surface area contributed by atoms with Crippen molar-refractivity contribution in [3.63, 3.8) is 0 Å². The Morgan fingerprint density at radius 3 is 2.80 bits per heavy atom. The fraction of sp³-hybridized carbons (Fsp3) is 0.583. The summed E-state index contributed by atoms with van der Waals surface area (Å²) in [7, 11) is 3.13. The van der Waals surface area contributed by atoms with Crippen LogP contribution in [0.2, 0.25) is 0 Å². The molecule has 0 aliphatic carbocycles. The zero-order chi connectivity index (χ0) is 15.0. The second kappa shape index (κ2) is 5.63. The van der Waals surface area contributed by atoms with Crippen LogP contribution in [0.5, 0.6) is 0 Å². The van der Waals surface area contributed by atoms with Crippen molar-refractivity contribution < 1.29 is 17.9 Å². The topological polar surface area (TPSA) is 63.7 Å². The lowest BCUT2D eigenvalue weighted by atomic mass is 9.94. The van der Waals surface area contributed by atoms with E-state index in [2.05, 4.69) is 0 Å². The van der Waals surface area contributed by atoms with Gasteiger partial charge in [-0.3, -0.25) is 4.79 Å². The number of ether oxygens (including phenoxy) is 1. The molecule has 1 unspecified atom stereocenters. The van der Waals surface area contributed by atoms with Gasteiger partial charge in [0, 0.05) is 36.3 Å². The fourth-order valence-electron chi connectivity index (χ4n) is 2.28. The lowest BCUT2D eigenvalue weighted by Crippen LogP contribution is -2.49. The van der Waals surface area contributed by atoms with Crippen molar-refractivity contribution in [2.45, 2.75) is 29.6 Å². The van der Waals surface area contributed by atoms with Crippen molar-refractivity contribution in [1.29, 1.82) is 0 Å². The number of halogens is 1. The van der Waals surface area contributed by atoms with Gasteiger partial charge in [-0.25, -0.2) is 8.42 Å². The second-order valence-corrected chi connectivity index (χ2v) is 8.78. The Labute approximate surface area is 126 Å². The molecule has 1 amide bonds. The molecule has 5 nitrogen and oxygen atoms in total. The standard InChI is InChI=1S/C12H16ClNO4S2/c1-12(18-2)4-3-5-14(8-12)11(15)9-6-10(19-7-9)20(13,16)17/h6-7H,3-5,8H2,1-2H3. The molecule has 0 spiro atoms. The summed E-state index contributed by atoms with van der Waals surface area (Å²) in [5.41, 5.74) is 0.0141. The molecule has 8 heteroatoms. The van der Waals surface area contributed by atoms with Crippen LogP contribution in [-0.2, 0) is 13.8 Å². The molecule has 0 N–H and O–H groups in total. The molecule has 1 atom stereocenters. The maximum Gasteiger partial charge on any atom is 0.270 e. The SMILES string of the molecule is COC1(C)CCCN(C(=O)c2csc(S(=O)(=O)Cl)c2)C1. The Bertz CT molecular complexity index is 613. The van der Waals surface area contributed by atoms with Crippen LogP contribution in [0.15, 0.2) is 15.7 Å². The van der Waals surface area contributed by atoms with E-state index in [4.69, 9.17) is 15.4 Å². The third-order valence-corrected chi connectivity index (χ3v) is 6.54. The number of methoxy groups -OCH3 is 1. The predicted molar refractivity (Wildman–Crippen MR) is 77.9 cm³/mol. The largest absolute Gasteiger partial charge is 0.377 e. The van der Waals surface area contributed by atoms with Gasteiger partial charge in [0.1, 0.15) is 4.21 Å². The summed E-state index contributed by atoms with van der Waals surface area (Å²) >= 11 is 0.956. The minimum atomic E-state index is -3.78. The Hall–Kier alpha value is -0.630. The molecular formula is C12H16ClNO4S2. The number of hydrogen-bond donors (Lipinski definition) is 0. The van der Waals surface area contributed by atoms with Gasteiger partial charge in [0.05, 0.1) is 11.2 Å². The lowest BCUT2D eigenvalue weighted by Gasteiger charge is -2.39. The van der Waals surface area contributed by atoms with Gasteiger partial charge in [-0.05, 0) is 25.8 Å². The van der Waals surface area contributed by atoms with Gasteiger partial charge in [-0.2, -0.15) is 0 Å². The maximum absolute atomic E-state index is 12.4. The Morgan fingerprint density at radius 2 is 2.25 bits per heavy atom. The van der Waals surface area contributed by atoms with Crippen LogP contribution in [0.3, 0.4) is 0 Å².